The molecule has 20 heavy (non-hydrogen) atoms. The molecule has 0 radical (unpaired) electrons. The molecule has 1 aromatic rings. The molecule has 1 atom stereocenters. The van der Waals surface area contributed by atoms with Gasteiger partial charge >= 0.3 is 5.97 Å². The van der Waals surface area contributed by atoms with Gasteiger partial charge in [0.2, 0.25) is 5.91 Å². The molecule has 1 amide bonds. The van der Waals surface area contributed by atoms with E-state index in [0.717, 1.165) is 6.42 Å². The summed E-state index contributed by atoms with van der Waals surface area (Å²) >= 11 is 0. The van der Waals surface area contributed by atoms with Crippen LogP contribution < -0.4 is 11.1 Å². The Morgan fingerprint density at radius 1 is 1.50 bits per heavy atom. The Kier molecular flexibility index (Phi) is 6.17. The highest BCUT2D eigenvalue weighted by molar-refractivity contribution is 5.90. The summed E-state index contributed by atoms with van der Waals surface area (Å²) in [5.74, 6) is -0.458. The second-order valence-corrected chi connectivity index (χ2v) is 5.30. The minimum atomic E-state index is -0.980. The van der Waals surface area contributed by atoms with Crippen molar-refractivity contribution in [2.24, 2.45) is 17.6 Å². The zero-order valence-electron chi connectivity index (χ0n) is 11.9. The van der Waals surface area contributed by atoms with Crippen molar-refractivity contribution in [1.82, 2.24) is 9.78 Å². The third kappa shape index (κ3) is 5.83. The van der Waals surface area contributed by atoms with Gasteiger partial charge < -0.3 is 16.2 Å². The van der Waals surface area contributed by atoms with Gasteiger partial charge in [-0.25, -0.2) is 0 Å². The molecule has 0 aliphatic heterocycles. The van der Waals surface area contributed by atoms with Crippen LogP contribution in [-0.4, -0.2) is 33.3 Å². The van der Waals surface area contributed by atoms with Crippen molar-refractivity contribution in [3.8, 4) is 0 Å². The van der Waals surface area contributed by atoms with Gasteiger partial charge in [-0.2, -0.15) is 5.10 Å². The number of hydrogen-bond acceptors (Lipinski definition) is 4. The van der Waals surface area contributed by atoms with Crippen molar-refractivity contribution in [2.75, 3.05) is 11.9 Å². The maximum atomic E-state index is 11.9. The van der Waals surface area contributed by atoms with E-state index >= 15 is 0 Å². The third-order valence-corrected chi connectivity index (χ3v) is 2.83. The Morgan fingerprint density at radius 3 is 2.75 bits per heavy atom. The van der Waals surface area contributed by atoms with Crippen molar-refractivity contribution in [3.05, 3.63) is 12.4 Å². The molecule has 7 heteroatoms. The number of rotatable bonds is 8. The lowest BCUT2D eigenvalue weighted by Crippen LogP contribution is -2.23. The fourth-order valence-electron chi connectivity index (χ4n) is 2.06. The third-order valence-electron chi connectivity index (χ3n) is 2.83. The summed E-state index contributed by atoms with van der Waals surface area (Å²) in [5.41, 5.74) is 6.16. The number of nitrogens with one attached hydrogen (secondary N) is 1. The minimum Gasteiger partial charge on any atom is -0.480 e. The lowest BCUT2D eigenvalue weighted by atomic mass is 9.94. The second-order valence-electron chi connectivity index (χ2n) is 5.30. The van der Waals surface area contributed by atoms with Crippen molar-refractivity contribution < 1.29 is 14.7 Å². The first-order chi connectivity index (χ1) is 9.40. The van der Waals surface area contributed by atoms with Gasteiger partial charge in [0.15, 0.2) is 0 Å². The Morgan fingerprint density at radius 2 is 2.20 bits per heavy atom. The first-order valence-corrected chi connectivity index (χ1v) is 6.64. The van der Waals surface area contributed by atoms with Gasteiger partial charge in [-0.1, -0.05) is 13.8 Å². The fraction of sp³-hybridized carbons (Fsp3) is 0.615. The summed E-state index contributed by atoms with van der Waals surface area (Å²) in [4.78, 5) is 22.4. The average molecular weight is 282 g/mol. The van der Waals surface area contributed by atoms with Gasteiger partial charge in [0, 0.05) is 12.6 Å². The molecule has 0 aliphatic carbocycles. The smallest absolute Gasteiger partial charge is 0.325 e. The normalized spacial score (nSPS) is 12.4. The zero-order chi connectivity index (χ0) is 15.1. The molecule has 0 spiro atoms. The Bertz CT molecular complexity index is 456. The largest absolute Gasteiger partial charge is 0.480 e. The van der Waals surface area contributed by atoms with Crippen LogP contribution in [0.25, 0.3) is 0 Å². The molecule has 112 valence electrons. The van der Waals surface area contributed by atoms with Gasteiger partial charge in [0.1, 0.15) is 6.54 Å². The standard InChI is InChI=1S/C13H22N4O3/c1-9(2)3-10(5-14)4-12(18)16-11-6-15-17(7-11)8-13(19)20/h6-7,9-10H,3-5,8,14H2,1-2H3,(H,16,18)(H,19,20). The van der Waals surface area contributed by atoms with Crippen LogP contribution in [0.3, 0.4) is 0 Å². The minimum absolute atomic E-state index is 0.129. The van der Waals surface area contributed by atoms with E-state index in [0.29, 0.717) is 24.6 Å². The van der Waals surface area contributed by atoms with Crippen LogP contribution in [-0.2, 0) is 16.1 Å². The van der Waals surface area contributed by atoms with E-state index in [-0.39, 0.29) is 18.4 Å². The van der Waals surface area contributed by atoms with Crippen LogP contribution in [0.1, 0.15) is 26.7 Å². The molecule has 4 N–H and O–H groups in total. The van der Waals surface area contributed by atoms with Crippen molar-refractivity contribution in [1.29, 1.82) is 0 Å². The highest BCUT2D eigenvalue weighted by Crippen LogP contribution is 2.15. The van der Waals surface area contributed by atoms with Gasteiger partial charge in [0.25, 0.3) is 0 Å². The number of anilines is 1. The van der Waals surface area contributed by atoms with Gasteiger partial charge in [0.05, 0.1) is 11.9 Å². The Balaban J connectivity index is 2.48. The summed E-state index contributed by atoms with van der Waals surface area (Å²) in [7, 11) is 0. The monoisotopic (exact) mass is 282 g/mol. The fourth-order valence-corrected chi connectivity index (χ4v) is 2.06. The van der Waals surface area contributed by atoms with Gasteiger partial charge in [-0.05, 0) is 24.8 Å². The maximum Gasteiger partial charge on any atom is 0.325 e. The topological polar surface area (TPSA) is 110 Å². The second kappa shape index (κ2) is 7.64. The maximum absolute atomic E-state index is 11.9. The predicted octanol–water partition coefficient (Wildman–Crippen LogP) is 0.917. The highest BCUT2D eigenvalue weighted by atomic mass is 16.4. The quantitative estimate of drug-likeness (QED) is 0.656. The first kappa shape index (κ1) is 16.2. The molecule has 1 unspecified atom stereocenters. The van der Waals surface area contributed by atoms with E-state index in [1.54, 1.807) is 0 Å². The number of hydrogen-bond donors (Lipinski definition) is 3. The average Bonchev–Trinajstić information content (AvgIpc) is 2.73. The molecule has 1 heterocycles. The summed E-state index contributed by atoms with van der Waals surface area (Å²) < 4.78 is 1.26. The van der Waals surface area contributed by atoms with E-state index in [2.05, 4.69) is 24.3 Å². The lowest BCUT2D eigenvalue weighted by molar-refractivity contribution is -0.137. The predicted molar refractivity (Wildman–Crippen MR) is 75.1 cm³/mol. The molecular formula is C13H22N4O3. The van der Waals surface area contributed by atoms with E-state index in [9.17, 15) is 9.59 Å². The molecule has 0 saturated carbocycles. The van der Waals surface area contributed by atoms with Crippen LogP contribution in [0.5, 0.6) is 0 Å². The molecule has 0 aromatic carbocycles. The molecule has 7 nitrogen and oxygen atoms in total. The number of aromatic nitrogens is 2. The number of aliphatic carboxylic acids is 1. The number of carbonyl (C=O) groups excluding carboxylic acids is 1. The lowest BCUT2D eigenvalue weighted by Gasteiger charge is -2.16. The van der Waals surface area contributed by atoms with Crippen LogP contribution in [0, 0.1) is 11.8 Å². The van der Waals surface area contributed by atoms with Gasteiger partial charge in [-0.3, -0.25) is 14.3 Å². The van der Waals surface area contributed by atoms with Crippen LogP contribution in [0.4, 0.5) is 5.69 Å². The molecule has 0 fully saturated rings. The summed E-state index contributed by atoms with van der Waals surface area (Å²) in [5, 5.41) is 15.2. The van der Waals surface area contributed by atoms with E-state index in [4.69, 9.17) is 10.8 Å². The SMILES string of the molecule is CC(C)CC(CN)CC(=O)Nc1cnn(CC(=O)O)c1. The number of amides is 1. The summed E-state index contributed by atoms with van der Waals surface area (Å²) in [6.45, 7) is 4.44. The number of nitrogens with two attached hydrogens (primary N) is 1. The zero-order valence-corrected chi connectivity index (χ0v) is 11.9. The number of carbonyl (C=O) groups is 2. The highest BCUT2D eigenvalue weighted by Gasteiger charge is 2.14. The molecule has 0 aliphatic rings. The molecule has 1 aromatic heterocycles. The number of carboxylic acid groups (broad SMARTS) is 1. The molecular weight excluding hydrogens is 260 g/mol. The Labute approximate surface area is 118 Å². The van der Waals surface area contributed by atoms with Crippen molar-refractivity contribution in [3.63, 3.8) is 0 Å². The van der Waals surface area contributed by atoms with E-state index in [1.165, 1.54) is 17.1 Å². The first-order valence-electron chi connectivity index (χ1n) is 6.64. The van der Waals surface area contributed by atoms with Crippen LogP contribution in [0.15, 0.2) is 12.4 Å². The van der Waals surface area contributed by atoms with Crippen molar-refractivity contribution in [2.45, 2.75) is 33.2 Å². The summed E-state index contributed by atoms with van der Waals surface area (Å²) in [6, 6.07) is 0. The van der Waals surface area contributed by atoms with Gasteiger partial charge in [-0.15, -0.1) is 0 Å². The van der Waals surface area contributed by atoms with Crippen LogP contribution >= 0.6 is 0 Å². The molecule has 1 rings (SSSR count). The molecule has 0 bridgehead atoms. The van der Waals surface area contributed by atoms with Crippen LogP contribution in [0.2, 0.25) is 0 Å². The van der Waals surface area contributed by atoms with E-state index < -0.39 is 5.97 Å². The molecule has 0 saturated heterocycles. The number of carboxylic acids is 1. The summed E-state index contributed by atoms with van der Waals surface area (Å²) in [6.07, 6.45) is 4.19. The van der Waals surface area contributed by atoms with E-state index in [1.807, 2.05) is 0 Å². The Hall–Kier alpha value is -1.89. The van der Waals surface area contributed by atoms with Crippen molar-refractivity contribution >= 4 is 17.6 Å². The number of nitrogens with zero attached hydrogens (tertiary/aromatic N) is 2.